The average molecular weight is 243 g/mol. The van der Waals surface area contributed by atoms with Gasteiger partial charge in [-0.15, -0.1) is 0 Å². The third kappa shape index (κ3) is 2.29. The van der Waals surface area contributed by atoms with E-state index in [4.69, 9.17) is 5.73 Å². The summed E-state index contributed by atoms with van der Waals surface area (Å²) in [4.78, 5) is 14.4. The lowest BCUT2D eigenvalue weighted by atomic mass is 10.0. The van der Waals surface area contributed by atoms with Crippen LogP contribution in [0.25, 0.3) is 11.3 Å². The number of benzene rings is 1. The zero-order valence-electron chi connectivity index (χ0n) is 10.2. The van der Waals surface area contributed by atoms with Crippen LogP contribution >= 0.6 is 0 Å². The summed E-state index contributed by atoms with van der Waals surface area (Å²) in [6.07, 6.45) is 0. The number of anilines is 1. The molecule has 0 amide bonds. The SMILES string of the molecule is Cc1ccc(-c2cc([N+](=O)[O-])cc(N)n2)cc1C. The molecular formula is C13H13N3O2. The quantitative estimate of drug-likeness (QED) is 0.649. The Kier molecular flexibility index (Phi) is 2.97. The van der Waals surface area contributed by atoms with Crippen LogP contribution in [0.1, 0.15) is 11.1 Å². The second kappa shape index (κ2) is 4.44. The van der Waals surface area contributed by atoms with Gasteiger partial charge in [0.05, 0.1) is 16.7 Å². The van der Waals surface area contributed by atoms with E-state index >= 15 is 0 Å². The Labute approximate surface area is 104 Å². The van der Waals surface area contributed by atoms with Crippen molar-refractivity contribution in [3.05, 3.63) is 51.6 Å². The molecule has 0 aliphatic heterocycles. The maximum absolute atomic E-state index is 10.8. The first-order valence-electron chi connectivity index (χ1n) is 5.47. The number of nitro groups is 1. The fourth-order valence-corrected chi connectivity index (χ4v) is 1.69. The Hall–Kier alpha value is -2.43. The summed E-state index contributed by atoms with van der Waals surface area (Å²) in [7, 11) is 0. The molecule has 92 valence electrons. The highest BCUT2D eigenvalue weighted by molar-refractivity contribution is 5.65. The Morgan fingerprint density at radius 2 is 1.89 bits per heavy atom. The van der Waals surface area contributed by atoms with Gasteiger partial charge in [-0.25, -0.2) is 4.98 Å². The highest BCUT2D eigenvalue weighted by Gasteiger charge is 2.11. The standard InChI is InChI=1S/C13H13N3O2/c1-8-3-4-10(5-9(8)2)12-6-11(16(17)18)7-13(14)15-12/h3-7H,1-2H3,(H2,14,15). The Morgan fingerprint density at radius 3 is 2.50 bits per heavy atom. The first kappa shape index (κ1) is 12.0. The van der Waals surface area contributed by atoms with Crippen LogP contribution in [0.15, 0.2) is 30.3 Å². The molecule has 5 nitrogen and oxygen atoms in total. The van der Waals surface area contributed by atoms with Gasteiger partial charge in [-0.3, -0.25) is 10.1 Å². The Balaban J connectivity index is 2.56. The van der Waals surface area contributed by atoms with Crippen molar-refractivity contribution in [3.8, 4) is 11.3 Å². The summed E-state index contributed by atoms with van der Waals surface area (Å²) in [5.41, 5.74) is 9.16. The molecule has 0 bridgehead atoms. The van der Waals surface area contributed by atoms with Crippen molar-refractivity contribution in [2.24, 2.45) is 0 Å². The topological polar surface area (TPSA) is 82.0 Å². The third-order valence-electron chi connectivity index (χ3n) is 2.84. The molecule has 0 saturated heterocycles. The van der Waals surface area contributed by atoms with E-state index in [-0.39, 0.29) is 11.5 Å². The predicted molar refractivity (Wildman–Crippen MR) is 70.2 cm³/mol. The van der Waals surface area contributed by atoms with Crippen LogP contribution in [0.5, 0.6) is 0 Å². The molecule has 1 aromatic heterocycles. The van der Waals surface area contributed by atoms with Crippen LogP contribution in [0, 0.1) is 24.0 Å². The van der Waals surface area contributed by atoms with Crippen molar-refractivity contribution < 1.29 is 4.92 Å². The van der Waals surface area contributed by atoms with Gasteiger partial charge in [-0.05, 0) is 31.0 Å². The molecule has 1 aromatic carbocycles. The van der Waals surface area contributed by atoms with E-state index in [0.717, 1.165) is 16.7 Å². The van der Waals surface area contributed by atoms with Gasteiger partial charge in [0.1, 0.15) is 5.82 Å². The lowest BCUT2D eigenvalue weighted by Crippen LogP contribution is -1.97. The van der Waals surface area contributed by atoms with Crippen molar-refractivity contribution in [2.45, 2.75) is 13.8 Å². The van der Waals surface area contributed by atoms with Gasteiger partial charge >= 0.3 is 0 Å². The number of rotatable bonds is 2. The minimum absolute atomic E-state index is 0.0456. The zero-order chi connectivity index (χ0) is 13.3. The maximum Gasteiger partial charge on any atom is 0.275 e. The molecule has 2 rings (SSSR count). The van der Waals surface area contributed by atoms with Crippen LogP contribution in [0.3, 0.4) is 0 Å². The van der Waals surface area contributed by atoms with Gasteiger partial charge in [0.25, 0.3) is 5.69 Å². The molecule has 18 heavy (non-hydrogen) atoms. The zero-order valence-corrected chi connectivity index (χ0v) is 10.2. The predicted octanol–water partition coefficient (Wildman–Crippen LogP) is 2.86. The van der Waals surface area contributed by atoms with Gasteiger partial charge in [0.15, 0.2) is 0 Å². The maximum atomic E-state index is 10.8. The molecule has 0 unspecified atom stereocenters. The Morgan fingerprint density at radius 1 is 1.17 bits per heavy atom. The summed E-state index contributed by atoms with van der Waals surface area (Å²) in [6.45, 7) is 3.99. The van der Waals surface area contributed by atoms with Crippen LogP contribution in [-0.2, 0) is 0 Å². The Bertz CT molecular complexity index is 624. The fourth-order valence-electron chi connectivity index (χ4n) is 1.69. The normalized spacial score (nSPS) is 10.3. The molecule has 0 atom stereocenters. The fraction of sp³-hybridized carbons (Fsp3) is 0.154. The molecule has 5 heteroatoms. The van der Waals surface area contributed by atoms with Gasteiger partial charge in [-0.2, -0.15) is 0 Å². The van der Waals surface area contributed by atoms with Gasteiger partial charge in [0.2, 0.25) is 0 Å². The van der Waals surface area contributed by atoms with E-state index in [0.29, 0.717) is 5.69 Å². The van der Waals surface area contributed by atoms with E-state index < -0.39 is 4.92 Å². The smallest absolute Gasteiger partial charge is 0.275 e. The number of aromatic nitrogens is 1. The first-order valence-corrected chi connectivity index (χ1v) is 5.47. The lowest BCUT2D eigenvalue weighted by Gasteiger charge is -2.05. The molecular weight excluding hydrogens is 230 g/mol. The third-order valence-corrected chi connectivity index (χ3v) is 2.84. The second-order valence-electron chi connectivity index (χ2n) is 4.19. The first-order chi connectivity index (χ1) is 8.47. The number of nitrogens with zero attached hydrogens (tertiary/aromatic N) is 2. The number of hydrogen-bond donors (Lipinski definition) is 1. The van der Waals surface area contributed by atoms with E-state index in [1.54, 1.807) is 0 Å². The monoisotopic (exact) mass is 243 g/mol. The van der Waals surface area contributed by atoms with E-state index in [2.05, 4.69) is 4.98 Å². The molecule has 0 aliphatic carbocycles. The molecule has 0 spiro atoms. The minimum Gasteiger partial charge on any atom is -0.383 e. The van der Waals surface area contributed by atoms with Crippen molar-refractivity contribution in [3.63, 3.8) is 0 Å². The van der Waals surface area contributed by atoms with E-state index in [9.17, 15) is 10.1 Å². The van der Waals surface area contributed by atoms with Gasteiger partial charge < -0.3 is 5.73 Å². The molecule has 1 heterocycles. The van der Waals surface area contributed by atoms with E-state index in [1.807, 2.05) is 32.0 Å². The summed E-state index contributed by atoms with van der Waals surface area (Å²) >= 11 is 0. The van der Waals surface area contributed by atoms with Crippen LogP contribution in [-0.4, -0.2) is 9.91 Å². The summed E-state index contributed by atoms with van der Waals surface area (Å²) in [5.74, 6) is 0.150. The van der Waals surface area contributed by atoms with Crippen LogP contribution in [0.4, 0.5) is 11.5 Å². The van der Waals surface area contributed by atoms with Crippen molar-refractivity contribution in [1.82, 2.24) is 4.98 Å². The summed E-state index contributed by atoms with van der Waals surface area (Å²) in [6, 6.07) is 8.47. The average Bonchev–Trinajstić information content (AvgIpc) is 2.31. The number of nitrogen functional groups attached to an aromatic ring is 1. The lowest BCUT2D eigenvalue weighted by molar-refractivity contribution is -0.384. The number of nitrogens with two attached hydrogens (primary N) is 1. The van der Waals surface area contributed by atoms with Crippen molar-refractivity contribution in [1.29, 1.82) is 0 Å². The van der Waals surface area contributed by atoms with Crippen molar-refractivity contribution >= 4 is 11.5 Å². The highest BCUT2D eigenvalue weighted by atomic mass is 16.6. The highest BCUT2D eigenvalue weighted by Crippen LogP contribution is 2.25. The number of hydrogen-bond acceptors (Lipinski definition) is 4. The minimum atomic E-state index is -0.470. The van der Waals surface area contributed by atoms with E-state index in [1.165, 1.54) is 12.1 Å². The second-order valence-corrected chi connectivity index (χ2v) is 4.19. The van der Waals surface area contributed by atoms with Gasteiger partial charge in [-0.1, -0.05) is 12.1 Å². The molecule has 0 aliphatic rings. The van der Waals surface area contributed by atoms with Crippen LogP contribution in [0.2, 0.25) is 0 Å². The molecule has 2 aromatic rings. The summed E-state index contributed by atoms with van der Waals surface area (Å²) < 4.78 is 0. The largest absolute Gasteiger partial charge is 0.383 e. The molecule has 0 radical (unpaired) electrons. The van der Waals surface area contributed by atoms with Crippen LogP contribution < -0.4 is 5.73 Å². The van der Waals surface area contributed by atoms with Gasteiger partial charge in [0, 0.05) is 11.6 Å². The summed E-state index contributed by atoms with van der Waals surface area (Å²) in [5, 5.41) is 10.8. The molecule has 0 saturated carbocycles. The molecule has 2 N–H and O–H groups in total. The van der Waals surface area contributed by atoms with Crippen molar-refractivity contribution in [2.75, 3.05) is 5.73 Å². The molecule has 0 fully saturated rings. The number of aryl methyl sites for hydroxylation is 2. The number of pyridine rings is 1.